The lowest BCUT2D eigenvalue weighted by atomic mass is 10.0. The van der Waals surface area contributed by atoms with Crippen molar-refractivity contribution in [2.45, 2.75) is 49.6 Å². The third-order valence-electron chi connectivity index (χ3n) is 4.29. The van der Waals surface area contributed by atoms with E-state index >= 15 is 0 Å². The topological polar surface area (TPSA) is 49.3 Å². The summed E-state index contributed by atoms with van der Waals surface area (Å²) < 4.78 is 11.4. The molecule has 1 aliphatic rings. The monoisotopic (exact) mass is 295 g/mol. The Kier molecular flexibility index (Phi) is 5.75. The first-order valence-corrected chi connectivity index (χ1v) is 8.98. The van der Waals surface area contributed by atoms with Crippen LogP contribution in [0.5, 0.6) is 0 Å². The van der Waals surface area contributed by atoms with Gasteiger partial charge < -0.3 is 10.4 Å². The van der Waals surface area contributed by atoms with E-state index in [9.17, 15) is 9.32 Å². The third kappa shape index (κ3) is 4.14. The smallest absolute Gasteiger partial charge is 0.0692 e. The number of benzene rings is 1. The molecule has 0 aromatic heterocycles. The number of aliphatic hydroxyl groups excluding tert-OH is 1. The van der Waals surface area contributed by atoms with Crippen LogP contribution in [0.2, 0.25) is 0 Å². The van der Waals surface area contributed by atoms with E-state index in [-0.39, 0.29) is 12.1 Å². The summed E-state index contributed by atoms with van der Waals surface area (Å²) in [4.78, 5) is 0.854. The minimum absolute atomic E-state index is 0.199. The number of hydrogen-bond donors (Lipinski definition) is 2. The molecule has 3 unspecified atom stereocenters. The quantitative estimate of drug-likeness (QED) is 0.848. The van der Waals surface area contributed by atoms with Gasteiger partial charge in [-0.15, -0.1) is 0 Å². The highest BCUT2D eigenvalue weighted by atomic mass is 32.2. The Labute approximate surface area is 124 Å². The molecule has 1 aliphatic carbocycles. The van der Waals surface area contributed by atoms with Crippen molar-refractivity contribution in [1.29, 1.82) is 0 Å². The molecule has 4 heteroatoms. The Hall–Kier alpha value is -0.710. The standard InChI is InChI=1S/C16H25NO2S/c1-12(13-7-9-15(10-8-13)20(2)19)17-11-16(18)14-5-3-4-6-14/h7-10,12,14,16-18H,3-6,11H2,1-2H3. The molecule has 1 aromatic rings. The van der Waals surface area contributed by atoms with E-state index in [0.717, 1.165) is 23.3 Å². The lowest BCUT2D eigenvalue weighted by Crippen LogP contribution is -2.33. The molecule has 2 N–H and O–H groups in total. The molecule has 0 amide bonds. The van der Waals surface area contributed by atoms with E-state index in [4.69, 9.17) is 0 Å². The van der Waals surface area contributed by atoms with Crippen LogP contribution in [-0.4, -0.2) is 28.2 Å². The van der Waals surface area contributed by atoms with Gasteiger partial charge in [0.25, 0.3) is 0 Å². The van der Waals surface area contributed by atoms with Gasteiger partial charge in [0.2, 0.25) is 0 Å². The first-order valence-electron chi connectivity index (χ1n) is 7.42. The molecular weight excluding hydrogens is 270 g/mol. The van der Waals surface area contributed by atoms with E-state index in [1.807, 2.05) is 24.3 Å². The summed E-state index contributed by atoms with van der Waals surface area (Å²) in [6.07, 6.45) is 6.29. The molecule has 2 rings (SSSR count). The van der Waals surface area contributed by atoms with Gasteiger partial charge >= 0.3 is 0 Å². The minimum atomic E-state index is -0.924. The SMILES string of the molecule is CC(NCC(O)C1CCCC1)c1ccc(S(C)=O)cc1. The van der Waals surface area contributed by atoms with Crippen molar-refractivity contribution in [3.05, 3.63) is 29.8 Å². The summed E-state index contributed by atoms with van der Waals surface area (Å²) >= 11 is 0. The Balaban J connectivity index is 1.84. The zero-order valence-electron chi connectivity index (χ0n) is 12.3. The second-order valence-electron chi connectivity index (χ2n) is 5.76. The van der Waals surface area contributed by atoms with Crippen LogP contribution in [0, 0.1) is 5.92 Å². The van der Waals surface area contributed by atoms with Crippen molar-refractivity contribution in [2.24, 2.45) is 5.92 Å². The highest BCUT2D eigenvalue weighted by molar-refractivity contribution is 7.84. The van der Waals surface area contributed by atoms with Crippen LogP contribution in [0.3, 0.4) is 0 Å². The lowest BCUT2D eigenvalue weighted by molar-refractivity contribution is 0.106. The molecule has 3 nitrogen and oxygen atoms in total. The summed E-state index contributed by atoms with van der Waals surface area (Å²) in [5.74, 6) is 0.472. The van der Waals surface area contributed by atoms with Crippen molar-refractivity contribution in [3.63, 3.8) is 0 Å². The Morgan fingerprint density at radius 3 is 2.45 bits per heavy atom. The Bertz CT molecular complexity index is 440. The normalized spacial score (nSPS) is 20.8. The number of nitrogens with one attached hydrogen (secondary N) is 1. The number of rotatable bonds is 6. The maximum absolute atomic E-state index is 11.4. The summed E-state index contributed by atoms with van der Waals surface area (Å²) in [6, 6.07) is 8.05. The van der Waals surface area contributed by atoms with Gasteiger partial charge in [0.15, 0.2) is 0 Å². The fraction of sp³-hybridized carbons (Fsp3) is 0.625. The van der Waals surface area contributed by atoms with Gasteiger partial charge in [-0.25, -0.2) is 0 Å². The molecule has 1 saturated carbocycles. The second kappa shape index (κ2) is 7.34. The van der Waals surface area contributed by atoms with Gasteiger partial charge in [0.1, 0.15) is 0 Å². The van der Waals surface area contributed by atoms with E-state index in [0.29, 0.717) is 12.5 Å². The lowest BCUT2D eigenvalue weighted by Gasteiger charge is -2.21. The molecule has 0 bridgehead atoms. The fourth-order valence-electron chi connectivity index (χ4n) is 2.87. The highest BCUT2D eigenvalue weighted by Crippen LogP contribution is 2.27. The maximum Gasteiger partial charge on any atom is 0.0692 e. The summed E-state index contributed by atoms with van der Waals surface area (Å²) in [6.45, 7) is 2.74. The molecule has 1 aromatic carbocycles. The molecule has 20 heavy (non-hydrogen) atoms. The highest BCUT2D eigenvalue weighted by Gasteiger charge is 2.23. The molecule has 0 saturated heterocycles. The average Bonchev–Trinajstić information content (AvgIpc) is 2.98. The van der Waals surface area contributed by atoms with Crippen LogP contribution in [0.1, 0.15) is 44.2 Å². The molecule has 112 valence electrons. The van der Waals surface area contributed by atoms with Crippen molar-refractivity contribution < 1.29 is 9.32 Å². The third-order valence-corrected chi connectivity index (χ3v) is 5.23. The predicted octanol–water partition coefficient (Wildman–Crippen LogP) is 2.63. The Morgan fingerprint density at radius 1 is 1.30 bits per heavy atom. The number of hydrogen-bond acceptors (Lipinski definition) is 3. The summed E-state index contributed by atoms with van der Waals surface area (Å²) in [5, 5.41) is 13.6. The molecule has 0 radical (unpaired) electrons. The van der Waals surface area contributed by atoms with Crippen LogP contribution < -0.4 is 5.32 Å². The van der Waals surface area contributed by atoms with Crippen molar-refractivity contribution in [3.8, 4) is 0 Å². The first kappa shape index (κ1) is 15.7. The summed E-state index contributed by atoms with van der Waals surface area (Å²) in [7, 11) is -0.924. The number of aliphatic hydroxyl groups is 1. The van der Waals surface area contributed by atoms with Gasteiger partial charge in [-0.3, -0.25) is 4.21 Å². The Morgan fingerprint density at radius 2 is 1.90 bits per heavy atom. The van der Waals surface area contributed by atoms with Gasteiger partial charge in [-0.05, 0) is 43.4 Å². The second-order valence-corrected chi connectivity index (χ2v) is 7.14. The molecule has 0 heterocycles. The predicted molar refractivity (Wildman–Crippen MR) is 83.2 cm³/mol. The molecule has 0 spiro atoms. The molecular formula is C16H25NO2S. The zero-order chi connectivity index (χ0) is 14.5. The van der Waals surface area contributed by atoms with Gasteiger partial charge in [0.05, 0.1) is 6.10 Å². The van der Waals surface area contributed by atoms with E-state index in [1.54, 1.807) is 6.26 Å². The average molecular weight is 295 g/mol. The maximum atomic E-state index is 11.4. The van der Waals surface area contributed by atoms with Gasteiger partial charge in [-0.1, -0.05) is 25.0 Å². The van der Waals surface area contributed by atoms with Crippen LogP contribution in [-0.2, 0) is 10.8 Å². The fourth-order valence-corrected chi connectivity index (χ4v) is 3.39. The largest absolute Gasteiger partial charge is 0.392 e. The van der Waals surface area contributed by atoms with Crippen LogP contribution >= 0.6 is 0 Å². The van der Waals surface area contributed by atoms with E-state index in [2.05, 4.69) is 12.2 Å². The molecule has 3 atom stereocenters. The minimum Gasteiger partial charge on any atom is -0.392 e. The van der Waals surface area contributed by atoms with Gasteiger partial charge in [0, 0.05) is 34.5 Å². The van der Waals surface area contributed by atoms with E-state index < -0.39 is 10.8 Å². The van der Waals surface area contributed by atoms with Crippen LogP contribution in [0.25, 0.3) is 0 Å². The van der Waals surface area contributed by atoms with Crippen LogP contribution in [0.15, 0.2) is 29.2 Å². The van der Waals surface area contributed by atoms with Crippen molar-refractivity contribution in [2.75, 3.05) is 12.8 Å². The van der Waals surface area contributed by atoms with Crippen molar-refractivity contribution >= 4 is 10.8 Å². The van der Waals surface area contributed by atoms with Crippen molar-refractivity contribution in [1.82, 2.24) is 5.32 Å². The zero-order valence-corrected chi connectivity index (χ0v) is 13.2. The molecule has 0 aliphatic heterocycles. The van der Waals surface area contributed by atoms with Crippen LogP contribution in [0.4, 0.5) is 0 Å². The van der Waals surface area contributed by atoms with Gasteiger partial charge in [-0.2, -0.15) is 0 Å². The first-order chi connectivity index (χ1) is 9.58. The molecule has 1 fully saturated rings. The summed E-state index contributed by atoms with van der Waals surface area (Å²) in [5.41, 5.74) is 1.16. The van der Waals surface area contributed by atoms with E-state index in [1.165, 1.54) is 12.8 Å².